The van der Waals surface area contributed by atoms with Crippen molar-refractivity contribution in [2.75, 3.05) is 11.9 Å². The van der Waals surface area contributed by atoms with Gasteiger partial charge in [-0.1, -0.05) is 31.0 Å². The Morgan fingerprint density at radius 2 is 2.25 bits per heavy atom. The van der Waals surface area contributed by atoms with Crippen molar-refractivity contribution in [2.45, 2.75) is 39.0 Å². The zero-order chi connectivity index (χ0) is 13.9. The van der Waals surface area contributed by atoms with E-state index in [0.717, 1.165) is 42.3 Å². The highest BCUT2D eigenvalue weighted by Crippen LogP contribution is 2.29. The van der Waals surface area contributed by atoms with Gasteiger partial charge < -0.3 is 5.32 Å². The minimum absolute atomic E-state index is 0.748. The van der Waals surface area contributed by atoms with E-state index in [1.807, 2.05) is 22.9 Å². The number of hydrogen-bond donors (Lipinski definition) is 1. The molecule has 2 heterocycles. The monoisotopic (exact) mass is 289 g/mol. The highest BCUT2D eigenvalue weighted by Gasteiger charge is 2.19. The molecule has 0 saturated heterocycles. The third-order valence-electron chi connectivity index (χ3n) is 3.75. The quantitative estimate of drug-likeness (QED) is 0.916. The highest BCUT2D eigenvalue weighted by molar-refractivity contribution is 6.30. The number of benzene rings is 1. The number of anilines is 1. The number of halogens is 1. The van der Waals surface area contributed by atoms with E-state index in [1.165, 1.54) is 24.1 Å². The molecule has 0 radical (unpaired) electrons. The van der Waals surface area contributed by atoms with Gasteiger partial charge in [-0.2, -0.15) is 5.10 Å². The molecule has 1 aliphatic heterocycles. The van der Waals surface area contributed by atoms with Gasteiger partial charge in [0.25, 0.3) is 0 Å². The van der Waals surface area contributed by atoms with Crippen molar-refractivity contribution < 1.29 is 0 Å². The Hall–Kier alpha value is -1.48. The van der Waals surface area contributed by atoms with Gasteiger partial charge >= 0.3 is 0 Å². The molecule has 2 aromatic rings. The topological polar surface area (TPSA) is 29.9 Å². The van der Waals surface area contributed by atoms with Crippen molar-refractivity contribution in [1.82, 2.24) is 9.78 Å². The summed E-state index contributed by atoms with van der Waals surface area (Å²) in [7, 11) is 0. The number of hydrogen-bond acceptors (Lipinski definition) is 2. The van der Waals surface area contributed by atoms with Gasteiger partial charge in [-0.05, 0) is 43.9 Å². The minimum Gasteiger partial charge on any atom is -0.370 e. The van der Waals surface area contributed by atoms with E-state index < -0.39 is 0 Å². The summed E-state index contributed by atoms with van der Waals surface area (Å²) in [6, 6.07) is 7.90. The molecule has 106 valence electrons. The van der Waals surface area contributed by atoms with Crippen LogP contribution in [0.15, 0.2) is 24.3 Å². The molecule has 0 amide bonds. The van der Waals surface area contributed by atoms with Crippen LogP contribution in [-0.2, 0) is 12.8 Å². The number of aryl methyl sites for hydroxylation is 1. The SMILES string of the molecule is CCCc1nn(-c2cccc(Cl)c2)c2c1CCCCN2. The van der Waals surface area contributed by atoms with E-state index in [2.05, 4.69) is 18.3 Å². The first-order valence-corrected chi connectivity index (χ1v) is 7.78. The van der Waals surface area contributed by atoms with Gasteiger partial charge in [0, 0.05) is 17.1 Å². The summed E-state index contributed by atoms with van der Waals surface area (Å²) in [6.45, 7) is 3.22. The average molecular weight is 290 g/mol. The maximum Gasteiger partial charge on any atom is 0.133 e. The number of rotatable bonds is 3. The molecule has 0 aliphatic carbocycles. The Morgan fingerprint density at radius 1 is 1.35 bits per heavy atom. The van der Waals surface area contributed by atoms with Crippen LogP contribution in [0.2, 0.25) is 5.02 Å². The summed E-state index contributed by atoms with van der Waals surface area (Å²) in [6.07, 6.45) is 5.74. The molecule has 20 heavy (non-hydrogen) atoms. The Balaban J connectivity index is 2.10. The van der Waals surface area contributed by atoms with Crippen molar-refractivity contribution in [3.05, 3.63) is 40.5 Å². The van der Waals surface area contributed by atoms with Gasteiger partial charge in [-0.25, -0.2) is 4.68 Å². The molecular weight excluding hydrogens is 270 g/mol. The van der Waals surface area contributed by atoms with Crippen LogP contribution in [0.4, 0.5) is 5.82 Å². The van der Waals surface area contributed by atoms with Crippen molar-refractivity contribution in [3.63, 3.8) is 0 Å². The van der Waals surface area contributed by atoms with Crippen molar-refractivity contribution in [1.29, 1.82) is 0 Å². The molecule has 0 saturated carbocycles. The van der Waals surface area contributed by atoms with Gasteiger partial charge in [-0.3, -0.25) is 0 Å². The Labute approximate surface area is 124 Å². The van der Waals surface area contributed by atoms with Crippen LogP contribution in [0.3, 0.4) is 0 Å². The van der Waals surface area contributed by atoms with Crippen LogP contribution < -0.4 is 5.32 Å². The number of fused-ring (bicyclic) bond motifs is 1. The fourth-order valence-corrected chi connectivity index (χ4v) is 2.99. The van der Waals surface area contributed by atoms with Crippen molar-refractivity contribution >= 4 is 17.4 Å². The standard InChI is InChI=1S/C16H20ClN3/c1-2-6-15-14-9-3-4-10-18-16(14)20(19-15)13-8-5-7-12(17)11-13/h5,7-8,11,18H,2-4,6,9-10H2,1H3. The maximum absolute atomic E-state index is 6.12. The van der Waals surface area contributed by atoms with E-state index in [-0.39, 0.29) is 0 Å². The first-order chi connectivity index (χ1) is 9.79. The number of nitrogens with one attached hydrogen (secondary N) is 1. The van der Waals surface area contributed by atoms with Crippen LogP contribution in [0, 0.1) is 0 Å². The van der Waals surface area contributed by atoms with Gasteiger partial charge in [0.1, 0.15) is 5.82 Å². The van der Waals surface area contributed by atoms with Crippen LogP contribution >= 0.6 is 11.6 Å². The molecule has 1 N–H and O–H groups in total. The molecule has 0 atom stereocenters. The number of aromatic nitrogens is 2. The summed E-state index contributed by atoms with van der Waals surface area (Å²) in [5.41, 5.74) is 3.66. The molecule has 0 spiro atoms. The second-order valence-electron chi connectivity index (χ2n) is 5.30. The van der Waals surface area contributed by atoms with Crippen LogP contribution in [-0.4, -0.2) is 16.3 Å². The summed E-state index contributed by atoms with van der Waals surface area (Å²) in [5, 5.41) is 9.13. The Bertz CT molecular complexity index is 604. The van der Waals surface area contributed by atoms with Gasteiger partial charge in [0.15, 0.2) is 0 Å². The summed E-state index contributed by atoms with van der Waals surface area (Å²) >= 11 is 6.12. The minimum atomic E-state index is 0.748. The molecule has 3 rings (SSSR count). The van der Waals surface area contributed by atoms with E-state index in [4.69, 9.17) is 16.7 Å². The maximum atomic E-state index is 6.12. The third kappa shape index (κ3) is 2.55. The first-order valence-electron chi connectivity index (χ1n) is 7.40. The fraction of sp³-hybridized carbons (Fsp3) is 0.438. The summed E-state index contributed by atoms with van der Waals surface area (Å²) < 4.78 is 2.03. The third-order valence-corrected chi connectivity index (χ3v) is 3.99. The van der Waals surface area contributed by atoms with Crippen molar-refractivity contribution in [3.8, 4) is 5.69 Å². The lowest BCUT2D eigenvalue weighted by Gasteiger charge is -2.09. The molecule has 0 bridgehead atoms. The lowest BCUT2D eigenvalue weighted by atomic mass is 10.1. The molecule has 4 heteroatoms. The smallest absolute Gasteiger partial charge is 0.133 e. The molecule has 1 aromatic heterocycles. The molecular formula is C16H20ClN3. The van der Waals surface area contributed by atoms with Gasteiger partial charge in [-0.15, -0.1) is 0 Å². The number of nitrogens with zero attached hydrogens (tertiary/aromatic N) is 2. The highest BCUT2D eigenvalue weighted by atomic mass is 35.5. The second-order valence-corrected chi connectivity index (χ2v) is 5.74. The van der Waals surface area contributed by atoms with Crippen LogP contribution in [0.5, 0.6) is 0 Å². The van der Waals surface area contributed by atoms with Crippen molar-refractivity contribution in [2.24, 2.45) is 0 Å². The van der Waals surface area contributed by atoms with Gasteiger partial charge in [0.05, 0.1) is 11.4 Å². The average Bonchev–Trinajstić information content (AvgIpc) is 2.62. The predicted octanol–water partition coefficient (Wildman–Crippen LogP) is 4.23. The first kappa shape index (κ1) is 13.5. The zero-order valence-corrected chi connectivity index (χ0v) is 12.6. The van der Waals surface area contributed by atoms with E-state index in [9.17, 15) is 0 Å². The predicted molar refractivity (Wildman–Crippen MR) is 84.0 cm³/mol. The second kappa shape index (κ2) is 5.88. The normalized spacial score (nSPS) is 14.5. The molecule has 1 aromatic carbocycles. The largest absolute Gasteiger partial charge is 0.370 e. The molecule has 3 nitrogen and oxygen atoms in total. The van der Waals surface area contributed by atoms with E-state index in [1.54, 1.807) is 0 Å². The molecule has 1 aliphatic rings. The van der Waals surface area contributed by atoms with E-state index in [0.29, 0.717) is 0 Å². The molecule has 0 unspecified atom stereocenters. The van der Waals surface area contributed by atoms with Crippen LogP contribution in [0.25, 0.3) is 5.69 Å². The lowest BCUT2D eigenvalue weighted by molar-refractivity contribution is 0.753. The zero-order valence-electron chi connectivity index (χ0n) is 11.8. The van der Waals surface area contributed by atoms with Crippen LogP contribution in [0.1, 0.15) is 37.4 Å². The summed E-state index contributed by atoms with van der Waals surface area (Å²) in [4.78, 5) is 0. The fourth-order valence-electron chi connectivity index (χ4n) is 2.81. The van der Waals surface area contributed by atoms with Gasteiger partial charge in [0.2, 0.25) is 0 Å². The Kier molecular flexibility index (Phi) is 3.97. The summed E-state index contributed by atoms with van der Waals surface area (Å²) in [5.74, 6) is 1.16. The molecule has 0 fully saturated rings. The van der Waals surface area contributed by atoms with E-state index >= 15 is 0 Å². The Morgan fingerprint density at radius 3 is 3.05 bits per heavy atom. The lowest BCUT2D eigenvalue weighted by Crippen LogP contribution is -2.07.